The molecule has 0 amide bonds. The fraction of sp³-hybridized carbons (Fsp3) is 0.143. The number of aliphatic hydroxyl groups is 1. The van der Waals surface area contributed by atoms with Gasteiger partial charge >= 0.3 is 0 Å². The topological polar surface area (TPSA) is 38.7 Å². The molecule has 0 aliphatic heterocycles. The molecule has 0 saturated heterocycles. The van der Waals surface area contributed by atoms with Gasteiger partial charge in [0.25, 0.3) is 0 Å². The SMILES string of the molecule is COc1ccc(C(O)c2cc3cc4ccccc4cc3s2)cc1OC. The summed E-state index contributed by atoms with van der Waals surface area (Å²) in [6.45, 7) is 0. The third-order valence-corrected chi connectivity index (χ3v) is 5.55. The van der Waals surface area contributed by atoms with Crippen molar-refractivity contribution in [1.82, 2.24) is 0 Å². The molecule has 0 fully saturated rings. The number of rotatable bonds is 4. The van der Waals surface area contributed by atoms with Crippen molar-refractivity contribution in [2.45, 2.75) is 6.10 Å². The molecule has 4 rings (SSSR count). The van der Waals surface area contributed by atoms with E-state index in [9.17, 15) is 5.11 Å². The zero-order valence-corrected chi connectivity index (χ0v) is 14.8. The molecule has 0 spiro atoms. The molecule has 1 unspecified atom stereocenters. The molecule has 1 atom stereocenters. The van der Waals surface area contributed by atoms with Gasteiger partial charge in [0, 0.05) is 9.58 Å². The molecule has 3 nitrogen and oxygen atoms in total. The van der Waals surface area contributed by atoms with E-state index in [4.69, 9.17) is 9.47 Å². The van der Waals surface area contributed by atoms with Crippen LogP contribution >= 0.6 is 11.3 Å². The summed E-state index contributed by atoms with van der Waals surface area (Å²) in [5.41, 5.74) is 0.786. The van der Waals surface area contributed by atoms with Crippen molar-refractivity contribution in [2.24, 2.45) is 0 Å². The van der Waals surface area contributed by atoms with Crippen molar-refractivity contribution in [2.75, 3.05) is 14.2 Å². The summed E-state index contributed by atoms with van der Waals surface area (Å²) in [4.78, 5) is 0.914. The van der Waals surface area contributed by atoms with Crippen molar-refractivity contribution < 1.29 is 14.6 Å². The predicted molar refractivity (Wildman–Crippen MR) is 103 cm³/mol. The van der Waals surface area contributed by atoms with Gasteiger partial charge < -0.3 is 14.6 Å². The van der Waals surface area contributed by atoms with Crippen LogP contribution in [0.15, 0.2) is 60.7 Å². The van der Waals surface area contributed by atoms with Crippen molar-refractivity contribution >= 4 is 32.2 Å². The van der Waals surface area contributed by atoms with Gasteiger partial charge in [0.1, 0.15) is 6.10 Å². The molecule has 0 aliphatic carbocycles. The molecule has 4 aromatic rings. The van der Waals surface area contributed by atoms with E-state index in [0.717, 1.165) is 15.8 Å². The Morgan fingerprint density at radius 3 is 2.24 bits per heavy atom. The van der Waals surface area contributed by atoms with Gasteiger partial charge in [0.15, 0.2) is 11.5 Å². The van der Waals surface area contributed by atoms with Gasteiger partial charge in [-0.15, -0.1) is 11.3 Å². The summed E-state index contributed by atoms with van der Waals surface area (Å²) in [6.07, 6.45) is -0.694. The lowest BCUT2D eigenvalue weighted by molar-refractivity contribution is 0.223. The number of aliphatic hydroxyl groups excluding tert-OH is 1. The van der Waals surface area contributed by atoms with E-state index in [1.165, 1.54) is 15.5 Å². The molecule has 0 bridgehead atoms. The molecule has 0 radical (unpaired) electrons. The van der Waals surface area contributed by atoms with Gasteiger partial charge in [0.2, 0.25) is 0 Å². The standard InChI is InChI=1S/C21H18O3S/c1-23-17-8-7-15(10-18(17)24-2)21(22)20-12-16-9-13-5-3-4-6-14(13)11-19(16)25-20/h3-12,21-22H,1-2H3. The van der Waals surface area contributed by atoms with Gasteiger partial charge in [-0.3, -0.25) is 0 Å². The minimum Gasteiger partial charge on any atom is -0.493 e. The largest absolute Gasteiger partial charge is 0.493 e. The third kappa shape index (κ3) is 2.84. The van der Waals surface area contributed by atoms with E-state index < -0.39 is 6.10 Å². The first-order valence-electron chi connectivity index (χ1n) is 8.02. The Morgan fingerprint density at radius 1 is 0.800 bits per heavy atom. The molecular formula is C21H18O3S. The average Bonchev–Trinajstić information content (AvgIpc) is 3.07. The normalized spacial score (nSPS) is 12.4. The molecule has 126 valence electrons. The summed E-state index contributed by atoms with van der Waals surface area (Å²) < 4.78 is 11.8. The van der Waals surface area contributed by atoms with Crippen LogP contribution in [0, 0.1) is 0 Å². The second-order valence-corrected chi connectivity index (χ2v) is 7.02. The highest BCUT2D eigenvalue weighted by atomic mass is 32.1. The smallest absolute Gasteiger partial charge is 0.161 e. The van der Waals surface area contributed by atoms with E-state index in [1.807, 2.05) is 30.3 Å². The molecule has 3 aromatic carbocycles. The maximum absolute atomic E-state index is 10.8. The third-order valence-electron chi connectivity index (χ3n) is 4.40. The van der Waals surface area contributed by atoms with Crippen LogP contribution in [0.2, 0.25) is 0 Å². The second kappa shape index (κ2) is 6.39. The van der Waals surface area contributed by atoms with Crippen molar-refractivity contribution in [3.05, 3.63) is 71.1 Å². The highest BCUT2D eigenvalue weighted by Crippen LogP contribution is 2.37. The number of fused-ring (bicyclic) bond motifs is 2. The van der Waals surface area contributed by atoms with Gasteiger partial charge in [-0.2, -0.15) is 0 Å². The summed E-state index contributed by atoms with van der Waals surface area (Å²) in [5, 5.41) is 14.4. The first kappa shape index (κ1) is 15.9. The van der Waals surface area contributed by atoms with E-state index in [2.05, 4.69) is 30.3 Å². The lowest BCUT2D eigenvalue weighted by atomic mass is 10.1. The minimum absolute atomic E-state index is 0.617. The van der Waals surface area contributed by atoms with Crippen molar-refractivity contribution in [3.63, 3.8) is 0 Å². The molecule has 1 aromatic heterocycles. The Balaban J connectivity index is 1.77. The highest BCUT2D eigenvalue weighted by molar-refractivity contribution is 7.19. The molecule has 4 heteroatoms. The highest BCUT2D eigenvalue weighted by Gasteiger charge is 2.16. The lowest BCUT2D eigenvalue weighted by Crippen LogP contribution is -1.99. The molecule has 1 heterocycles. The van der Waals surface area contributed by atoms with Gasteiger partial charge in [-0.1, -0.05) is 30.3 Å². The second-order valence-electron chi connectivity index (χ2n) is 5.90. The van der Waals surface area contributed by atoms with Crippen LogP contribution < -0.4 is 9.47 Å². The lowest BCUT2D eigenvalue weighted by Gasteiger charge is -2.13. The summed E-state index contributed by atoms with van der Waals surface area (Å²) in [5.74, 6) is 1.27. The Morgan fingerprint density at radius 2 is 1.52 bits per heavy atom. The van der Waals surface area contributed by atoms with Crippen LogP contribution in [-0.4, -0.2) is 19.3 Å². The van der Waals surface area contributed by atoms with Crippen molar-refractivity contribution in [1.29, 1.82) is 0 Å². The van der Waals surface area contributed by atoms with Crippen LogP contribution in [0.1, 0.15) is 16.5 Å². The number of methoxy groups -OCH3 is 2. The quantitative estimate of drug-likeness (QED) is 0.553. The van der Waals surface area contributed by atoms with Gasteiger partial charge in [0.05, 0.1) is 14.2 Å². The number of hydrogen-bond donors (Lipinski definition) is 1. The minimum atomic E-state index is -0.694. The zero-order valence-electron chi connectivity index (χ0n) is 14.0. The maximum atomic E-state index is 10.8. The van der Waals surface area contributed by atoms with E-state index in [-0.39, 0.29) is 0 Å². The molecule has 0 saturated carbocycles. The van der Waals surface area contributed by atoms with Gasteiger partial charge in [-0.05, 0) is 52.1 Å². The number of thiophene rings is 1. The average molecular weight is 350 g/mol. The fourth-order valence-corrected chi connectivity index (χ4v) is 4.18. The number of hydrogen-bond acceptors (Lipinski definition) is 4. The molecule has 25 heavy (non-hydrogen) atoms. The van der Waals surface area contributed by atoms with Crippen LogP contribution in [0.25, 0.3) is 20.9 Å². The molecule has 0 aliphatic rings. The summed E-state index contributed by atoms with van der Waals surface area (Å²) >= 11 is 1.62. The number of benzene rings is 3. The molecular weight excluding hydrogens is 332 g/mol. The Kier molecular flexibility index (Phi) is 4.07. The van der Waals surface area contributed by atoms with Gasteiger partial charge in [-0.25, -0.2) is 0 Å². The monoisotopic (exact) mass is 350 g/mol. The first-order valence-corrected chi connectivity index (χ1v) is 8.83. The van der Waals surface area contributed by atoms with E-state index in [1.54, 1.807) is 25.6 Å². The molecule has 1 N–H and O–H groups in total. The Hall–Kier alpha value is -2.56. The first-order chi connectivity index (χ1) is 12.2. The maximum Gasteiger partial charge on any atom is 0.161 e. The van der Waals surface area contributed by atoms with E-state index >= 15 is 0 Å². The van der Waals surface area contributed by atoms with Crippen LogP contribution in [-0.2, 0) is 0 Å². The zero-order chi connectivity index (χ0) is 17.4. The van der Waals surface area contributed by atoms with Crippen LogP contribution in [0.5, 0.6) is 11.5 Å². The number of ether oxygens (including phenoxy) is 2. The summed E-state index contributed by atoms with van der Waals surface area (Å²) in [6, 6.07) is 20.2. The van der Waals surface area contributed by atoms with Crippen LogP contribution in [0.4, 0.5) is 0 Å². The Bertz CT molecular complexity index is 999. The van der Waals surface area contributed by atoms with E-state index in [0.29, 0.717) is 11.5 Å². The fourth-order valence-electron chi connectivity index (χ4n) is 3.07. The summed E-state index contributed by atoms with van der Waals surface area (Å²) in [7, 11) is 3.20. The predicted octanol–water partition coefficient (Wildman–Crippen LogP) is 5.15. The van der Waals surface area contributed by atoms with Crippen LogP contribution in [0.3, 0.4) is 0 Å². The van der Waals surface area contributed by atoms with Crippen molar-refractivity contribution in [3.8, 4) is 11.5 Å². The Labute approximate surface area is 150 Å².